The lowest BCUT2D eigenvalue weighted by atomic mass is 9.33. The molecule has 2 aliphatic rings. The van der Waals surface area contributed by atoms with Crippen molar-refractivity contribution in [3.63, 3.8) is 0 Å². The Balaban J connectivity index is 1.18. The molecule has 0 bridgehead atoms. The second kappa shape index (κ2) is 15.2. The predicted molar refractivity (Wildman–Crippen MR) is 291 cm³/mol. The van der Waals surface area contributed by atoms with Crippen LogP contribution in [0.5, 0.6) is 0 Å². The number of hydrogen-bond acceptors (Lipinski definition) is 4. The Kier molecular flexibility index (Phi) is 9.03. The third kappa shape index (κ3) is 5.99. The molecule has 8 aromatic carbocycles. The van der Waals surface area contributed by atoms with Crippen LogP contribution in [0.15, 0.2) is 164 Å². The normalized spacial score (nSPS) is 12.8. The lowest BCUT2D eigenvalue weighted by Crippen LogP contribution is -2.61. The minimum atomic E-state index is -0.136. The van der Waals surface area contributed by atoms with E-state index in [9.17, 15) is 0 Å². The molecule has 0 spiro atoms. The highest BCUT2D eigenvalue weighted by atomic mass is 15.2. The second-order valence-corrected chi connectivity index (χ2v) is 19.6. The zero-order chi connectivity index (χ0) is 47.0. The Hall–Kier alpha value is -8.16. The summed E-state index contributed by atoms with van der Waals surface area (Å²) in [5.74, 6) is 1.83. The molecule has 0 radical (unpaired) electrons. The van der Waals surface area contributed by atoms with Crippen molar-refractivity contribution in [1.29, 1.82) is 0 Å². The minimum absolute atomic E-state index is 0.136. The summed E-state index contributed by atoms with van der Waals surface area (Å²) in [4.78, 5) is 15.6. The maximum atomic E-state index is 5.50. The van der Waals surface area contributed by atoms with Crippen molar-refractivity contribution in [2.75, 3.05) is 9.80 Å². The van der Waals surface area contributed by atoms with E-state index in [4.69, 9.17) is 9.97 Å². The van der Waals surface area contributed by atoms with Crippen LogP contribution in [-0.4, -0.2) is 25.8 Å². The molecule has 0 saturated carbocycles. The average Bonchev–Trinajstić information content (AvgIpc) is 3.87. The summed E-state index contributed by atoms with van der Waals surface area (Å²) >= 11 is 0. The molecular formula is C62H51BN6. The zero-order valence-electron chi connectivity index (χ0n) is 40.3. The second-order valence-electron chi connectivity index (χ2n) is 19.6. The van der Waals surface area contributed by atoms with Crippen LogP contribution in [0, 0.1) is 55.4 Å². The molecule has 3 aromatic heterocycles. The number of imidazole rings is 1. The molecule has 0 aliphatic carbocycles. The smallest absolute Gasteiger partial charge is 0.252 e. The third-order valence-corrected chi connectivity index (χ3v) is 14.9. The number of nitrogens with zero attached hydrogens (tertiary/aromatic N) is 6. The largest absolute Gasteiger partial charge is 0.311 e. The molecule has 69 heavy (non-hydrogen) atoms. The Morgan fingerprint density at radius 3 is 1.67 bits per heavy atom. The van der Waals surface area contributed by atoms with Crippen LogP contribution in [0.4, 0.5) is 34.1 Å². The highest BCUT2D eigenvalue weighted by Gasteiger charge is 2.45. The number of benzene rings is 8. The molecular weight excluding hydrogens is 840 g/mol. The summed E-state index contributed by atoms with van der Waals surface area (Å²) in [6, 6.07) is 58.6. The quantitative estimate of drug-likeness (QED) is 0.161. The van der Waals surface area contributed by atoms with Gasteiger partial charge in [0.15, 0.2) is 0 Å². The van der Waals surface area contributed by atoms with E-state index < -0.39 is 0 Å². The van der Waals surface area contributed by atoms with E-state index >= 15 is 0 Å². The van der Waals surface area contributed by atoms with E-state index in [2.05, 4.69) is 226 Å². The number of anilines is 6. The molecule has 6 nitrogen and oxygen atoms in total. The molecule has 0 saturated heterocycles. The molecule has 5 heterocycles. The summed E-state index contributed by atoms with van der Waals surface area (Å²) < 4.78 is 4.75. The summed E-state index contributed by atoms with van der Waals surface area (Å²) in [5.41, 5.74) is 27.5. The van der Waals surface area contributed by atoms with Gasteiger partial charge < -0.3 is 9.80 Å². The van der Waals surface area contributed by atoms with Gasteiger partial charge in [0.2, 0.25) is 0 Å². The van der Waals surface area contributed by atoms with Gasteiger partial charge in [-0.3, -0.25) is 9.13 Å². The topological polar surface area (TPSA) is 42.1 Å². The average molecular weight is 891 g/mol. The lowest BCUT2D eigenvalue weighted by molar-refractivity contribution is 1.06. The fraction of sp³-hybridized carbons (Fsp3) is 0.129. The molecule has 2 aliphatic heterocycles. The monoisotopic (exact) mass is 890 g/mol. The van der Waals surface area contributed by atoms with Gasteiger partial charge in [-0.1, -0.05) is 102 Å². The summed E-state index contributed by atoms with van der Waals surface area (Å²) in [6.07, 6.45) is 1.90. The third-order valence-electron chi connectivity index (χ3n) is 14.9. The lowest BCUT2D eigenvalue weighted by Gasteiger charge is -2.45. The van der Waals surface area contributed by atoms with Crippen molar-refractivity contribution in [3.8, 4) is 22.9 Å². The molecule has 13 rings (SSSR count). The van der Waals surface area contributed by atoms with Gasteiger partial charge in [0.1, 0.15) is 11.6 Å². The van der Waals surface area contributed by atoms with Crippen molar-refractivity contribution in [2.45, 2.75) is 55.4 Å². The highest BCUT2D eigenvalue weighted by Crippen LogP contribution is 2.49. The van der Waals surface area contributed by atoms with Crippen LogP contribution in [0.3, 0.4) is 0 Å². The number of aromatic nitrogens is 4. The van der Waals surface area contributed by atoms with Gasteiger partial charge in [0, 0.05) is 45.3 Å². The Morgan fingerprint density at radius 2 is 1.00 bits per heavy atom. The first-order valence-electron chi connectivity index (χ1n) is 24.1. The standard InChI is InChI=1S/C62H51BN6/c1-36-29-40(5)60(41(6)30-36)67-51-27-26-44(62-65-49-20-10-12-22-52(49)69(62)59-38(3)17-15-18-39(59)4)33-47(51)63-48-35-55-46(45-19-9-11-21-50(45)66(55)57-25-13-14-28-64-57)34-56(48)68(54-24-16-23-53(67)58(54)63)61-42(7)31-37(2)32-43(61)8/h9-35H,1-8H3. The van der Waals surface area contributed by atoms with Gasteiger partial charge in [-0.2, -0.15) is 0 Å². The van der Waals surface area contributed by atoms with Crippen molar-refractivity contribution in [1.82, 2.24) is 19.1 Å². The summed E-state index contributed by atoms with van der Waals surface area (Å²) in [6.45, 7) is 17.8. The first kappa shape index (κ1) is 41.1. The zero-order valence-corrected chi connectivity index (χ0v) is 40.3. The molecule has 11 aromatic rings. The van der Waals surface area contributed by atoms with Crippen LogP contribution in [0.1, 0.15) is 44.5 Å². The Bertz CT molecular complexity index is 3900. The van der Waals surface area contributed by atoms with Crippen LogP contribution in [-0.2, 0) is 0 Å². The van der Waals surface area contributed by atoms with Gasteiger partial charge in [-0.15, -0.1) is 0 Å². The molecule has 7 heteroatoms. The fourth-order valence-corrected chi connectivity index (χ4v) is 12.4. The Labute approximate surface area is 403 Å². The van der Waals surface area contributed by atoms with Crippen molar-refractivity contribution < 1.29 is 0 Å². The Morgan fingerprint density at radius 1 is 0.406 bits per heavy atom. The van der Waals surface area contributed by atoms with Crippen molar-refractivity contribution in [2.24, 2.45) is 0 Å². The van der Waals surface area contributed by atoms with Gasteiger partial charge in [-0.25, -0.2) is 9.97 Å². The van der Waals surface area contributed by atoms with E-state index in [1.54, 1.807) is 0 Å². The van der Waals surface area contributed by atoms with Crippen molar-refractivity contribution in [3.05, 3.63) is 208 Å². The predicted octanol–water partition coefficient (Wildman–Crippen LogP) is 13.7. The van der Waals surface area contributed by atoms with Gasteiger partial charge >= 0.3 is 0 Å². The van der Waals surface area contributed by atoms with Crippen molar-refractivity contribution >= 4 is 90.1 Å². The minimum Gasteiger partial charge on any atom is -0.311 e. The fourth-order valence-electron chi connectivity index (χ4n) is 12.4. The number of para-hydroxylation sites is 4. The molecule has 332 valence electrons. The summed E-state index contributed by atoms with van der Waals surface area (Å²) in [7, 11) is 0. The number of aryl methyl sites for hydroxylation is 8. The van der Waals surface area contributed by atoms with E-state index in [0.717, 1.165) is 39.3 Å². The number of hydrogen-bond donors (Lipinski definition) is 0. The number of fused-ring (bicyclic) bond motifs is 8. The number of pyridine rings is 1. The molecule has 0 N–H and O–H groups in total. The number of rotatable bonds is 5. The van der Waals surface area contributed by atoms with E-state index in [-0.39, 0.29) is 6.71 Å². The maximum absolute atomic E-state index is 5.50. The van der Waals surface area contributed by atoms with Gasteiger partial charge in [0.25, 0.3) is 6.71 Å². The SMILES string of the molecule is Cc1cc(C)c(N2c3ccc(-c4nc5ccccc5n4-c4c(C)cccc4C)cc3B3c4cc5c(cc4N(c4c(C)cc(C)cc4C)c4cccc2c43)c2ccccc2n5-c2ccccn2)c(C)c1. The van der Waals surface area contributed by atoms with E-state index in [1.807, 2.05) is 12.3 Å². The van der Waals surface area contributed by atoms with Crippen LogP contribution >= 0.6 is 0 Å². The molecule has 0 fully saturated rings. The van der Waals surface area contributed by atoms with E-state index in [1.165, 1.54) is 111 Å². The van der Waals surface area contributed by atoms with Crippen LogP contribution in [0.25, 0.3) is 55.7 Å². The highest BCUT2D eigenvalue weighted by molar-refractivity contribution is 7.00. The van der Waals surface area contributed by atoms with E-state index in [0.29, 0.717) is 0 Å². The molecule has 0 unspecified atom stereocenters. The molecule has 0 amide bonds. The first-order chi connectivity index (χ1) is 33.5. The summed E-state index contributed by atoms with van der Waals surface area (Å²) in [5, 5.41) is 2.40. The maximum Gasteiger partial charge on any atom is 0.252 e. The van der Waals surface area contributed by atoms with Crippen LogP contribution in [0.2, 0.25) is 0 Å². The molecule has 0 atom stereocenters. The van der Waals surface area contributed by atoms with Gasteiger partial charge in [0.05, 0.1) is 39.1 Å². The van der Waals surface area contributed by atoms with Gasteiger partial charge in [-0.05, 0) is 172 Å². The first-order valence-corrected chi connectivity index (χ1v) is 24.1. The van der Waals surface area contributed by atoms with Crippen LogP contribution < -0.4 is 26.2 Å².